The summed E-state index contributed by atoms with van der Waals surface area (Å²) in [6.07, 6.45) is 4.62. The minimum atomic E-state index is -1.92. The zero-order valence-electron chi connectivity index (χ0n) is 11.0. The lowest BCUT2D eigenvalue weighted by atomic mass is 10.1. The average Bonchev–Trinajstić information content (AvgIpc) is 2.76. The van der Waals surface area contributed by atoms with Gasteiger partial charge in [0.1, 0.15) is 0 Å². The molecule has 3 atom stereocenters. The predicted octanol–water partition coefficient (Wildman–Crippen LogP) is 5.02. The van der Waals surface area contributed by atoms with Crippen LogP contribution in [0.2, 0.25) is 6.55 Å². The van der Waals surface area contributed by atoms with Crippen LogP contribution >= 0.6 is 11.1 Å². The highest BCUT2D eigenvalue weighted by Gasteiger charge is 2.45. The van der Waals surface area contributed by atoms with E-state index in [0.29, 0.717) is 11.1 Å². The molecule has 1 unspecified atom stereocenters. The van der Waals surface area contributed by atoms with Crippen molar-refractivity contribution in [3.05, 3.63) is 83.9 Å². The standard InChI is InChI=1S/C17H17ClSi/c1-19(18)16(14-8-4-2-5-9-14)12-13-17(19)15-10-6-3-7-11-15/h2-13,16-17H,1H3/t16-,17+,19?. The molecule has 0 radical (unpaired) electrons. The molecular weight excluding hydrogens is 268 g/mol. The van der Waals surface area contributed by atoms with E-state index in [1.165, 1.54) is 11.1 Å². The number of hydrogen-bond acceptors (Lipinski definition) is 0. The Morgan fingerprint density at radius 2 is 1.11 bits per heavy atom. The van der Waals surface area contributed by atoms with Gasteiger partial charge in [-0.15, -0.1) is 0 Å². The van der Waals surface area contributed by atoms with Gasteiger partial charge in [0.05, 0.1) is 0 Å². The molecule has 19 heavy (non-hydrogen) atoms. The average molecular weight is 285 g/mol. The summed E-state index contributed by atoms with van der Waals surface area (Å²) >= 11 is 7.05. The normalized spacial score (nSPS) is 29.6. The second kappa shape index (κ2) is 4.99. The minimum Gasteiger partial charge on any atom is -0.165 e. The molecule has 1 aliphatic rings. The van der Waals surface area contributed by atoms with Crippen molar-refractivity contribution in [2.45, 2.75) is 17.6 Å². The van der Waals surface area contributed by atoms with Gasteiger partial charge in [-0.05, 0) is 11.1 Å². The zero-order valence-corrected chi connectivity index (χ0v) is 12.7. The van der Waals surface area contributed by atoms with E-state index in [1.807, 2.05) is 0 Å². The van der Waals surface area contributed by atoms with Crippen molar-refractivity contribution in [2.24, 2.45) is 0 Å². The number of rotatable bonds is 2. The lowest BCUT2D eigenvalue weighted by Gasteiger charge is -2.29. The third-order valence-corrected chi connectivity index (χ3v) is 8.92. The van der Waals surface area contributed by atoms with Crippen LogP contribution in [0.1, 0.15) is 22.2 Å². The Bertz CT molecular complexity index is 523. The Balaban J connectivity index is 1.95. The summed E-state index contributed by atoms with van der Waals surface area (Å²) in [5, 5.41) is 0. The molecule has 0 aromatic heterocycles. The van der Waals surface area contributed by atoms with Crippen molar-refractivity contribution < 1.29 is 0 Å². The van der Waals surface area contributed by atoms with Gasteiger partial charge >= 0.3 is 0 Å². The van der Waals surface area contributed by atoms with E-state index in [0.717, 1.165) is 0 Å². The van der Waals surface area contributed by atoms with Crippen molar-refractivity contribution in [1.29, 1.82) is 0 Å². The van der Waals surface area contributed by atoms with Gasteiger partial charge < -0.3 is 0 Å². The molecule has 0 saturated heterocycles. The molecule has 0 spiro atoms. The van der Waals surface area contributed by atoms with E-state index in [1.54, 1.807) is 0 Å². The Morgan fingerprint density at radius 1 is 0.737 bits per heavy atom. The number of benzene rings is 2. The molecular formula is C17H17ClSi. The van der Waals surface area contributed by atoms with Gasteiger partial charge in [-0.1, -0.05) is 79.4 Å². The summed E-state index contributed by atoms with van der Waals surface area (Å²) in [7, 11) is -1.92. The first-order valence-corrected chi connectivity index (χ1v) is 10.3. The molecule has 0 fully saturated rings. The van der Waals surface area contributed by atoms with Gasteiger partial charge in [0, 0.05) is 11.1 Å². The van der Waals surface area contributed by atoms with Crippen molar-refractivity contribution >= 4 is 18.5 Å². The highest BCUT2D eigenvalue weighted by Crippen LogP contribution is 2.47. The summed E-state index contributed by atoms with van der Waals surface area (Å²) in [6.45, 7) is 2.28. The second-order valence-electron chi connectivity index (χ2n) is 5.31. The van der Waals surface area contributed by atoms with Crippen LogP contribution in [0, 0.1) is 0 Å². The van der Waals surface area contributed by atoms with Gasteiger partial charge in [0.2, 0.25) is 0 Å². The van der Waals surface area contributed by atoms with Crippen molar-refractivity contribution in [3.63, 3.8) is 0 Å². The molecule has 0 bridgehead atoms. The van der Waals surface area contributed by atoms with Gasteiger partial charge in [-0.25, -0.2) is 0 Å². The van der Waals surface area contributed by atoms with Crippen LogP contribution in [0.5, 0.6) is 0 Å². The summed E-state index contributed by atoms with van der Waals surface area (Å²) in [6, 6.07) is 21.3. The maximum absolute atomic E-state index is 7.05. The molecule has 3 rings (SSSR count). The third kappa shape index (κ3) is 2.29. The second-order valence-corrected chi connectivity index (χ2v) is 11.3. The number of hydrogen-bond donors (Lipinski definition) is 0. The first-order valence-electron chi connectivity index (χ1n) is 6.67. The first-order chi connectivity index (χ1) is 9.19. The van der Waals surface area contributed by atoms with E-state index in [2.05, 4.69) is 79.4 Å². The molecule has 0 aliphatic carbocycles. The molecule has 2 aromatic rings. The van der Waals surface area contributed by atoms with E-state index in [9.17, 15) is 0 Å². The fourth-order valence-corrected chi connectivity index (χ4v) is 7.23. The van der Waals surface area contributed by atoms with Crippen LogP contribution in [0.3, 0.4) is 0 Å². The lowest BCUT2D eigenvalue weighted by molar-refractivity contribution is 1.13. The smallest absolute Gasteiger partial charge is 0.165 e. The van der Waals surface area contributed by atoms with Crippen LogP contribution in [-0.2, 0) is 0 Å². The quantitative estimate of drug-likeness (QED) is 0.413. The maximum atomic E-state index is 7.05. The SMILES string of the molecule is C[Si]1(Cl)[C@@H](c2ccccc2)C=C[C@H]1c1ccccc1. The van der Waals surface area contributed by atoms with Crippen molar-refractivity contribution in [3.8, 4) is 0 Å². The zero-order chi connectivity index (χ0) is 13.3. The largest absolute Gasteiger partial charge is 0.175 e. The molecule has 2 aromatic carbocycles. The maximum Gasteiger partial charge on any atom is 0.175 e. The molecule has 96 valence electrons. The summed E-state index contributed by atoms with van der Waals surface area (Å²) in [5.74, 6) is 0. The molecule has 1 aliphatic heterocycles. The fourth-order valence-electron chi connectivity index (χ4n) is 2.99. The van der Waals surface area contributed by atoms with Gasteiger partial charge in [0.15, 0.2) is 7.38 Å². The minimum absolute atomic E-state index is 0.403. The highest BCUT2D eigenvalue weighted by atomic mass is 35.6. The topological polar surface area (TPSA) is 0 Å². The Morgan fingerprint density at radius 3 is 1.47 bits per heavy atom. The van der Waals surface area contributed by atoms with E-state index < -0.39 is 7.38 Å². The molecule has 2 heteroatoms. The van der Waals surface area contributed by atoms with Crippen LogP contribution < -0.4 is 0 Å². The number of halogens is 1. The molecule has 0 amide bonds. The van der Waals surface area contributed by atoms with Gasteiger partial charge in [-0.3, -0.25) is 0 Å². The summed E-state index contributed by atoms with van der Waals surface area (Å²) in [5.41, 5.74) is 3.50. The summed E-state index contributed by atoms with van der Waals surface area (Å²) in [4.78, 5) is 0. The highest BCUT2D eigenvalue weighted by molar-refractivity contribution is 7.21. The fraction of sp³-hybridized carbons (Fsp3) is 0.176. The number of allylic oxidation sites excluding steroid dienone is 2. The monoisotopic (exact) mass is 284 g/mol. The van der Waals surface area contributed by atoms with Crippen LogP contribution in [0.4, 0.5) is 0 Å². The lowest BCUT2D eigenvalue weighted by Crippen LogP contribution is -2.34. The van der Waals surface area contributed by atoms with Crippen LogP contribution in [0.15, 0.2) is 72.8 Å². The van der Waals surface area contributed by atoms with Crippen molar-refractivity contribution in [1.82, 2.24) is 0 Å². The van der Waals surface area contributed by atoms with Gasteiger partial charge in [0.25, 0.3) is 0 Å². The predicted molar refractivity (Wildman–Crippen MR) is 85.0 cm³/mol. The molecule has 0 saturated carbocycles. The molecule has 1 heterocycles. The Labute approximate surface area is 120 Å². The Kier molecular flexibility index (Phi) is 3.34. The molecule has 0 nitrogen and oxygen atoms in total. The van der Waals surface area contributed by atoms with Gasteiger partial charge in [-0.2, -0.15) is 11.1 Å². The van der Waals surface area contributed by atoms with E-state index >= 15 is 0 Å². The molecule has 0 N–H and O–H groups in total. The third-order valence-electron chi connectivity index (χ3n) is 4.03. The van der Waals surface area contributed by atoms with Crippen LogP contribution in [-0.4, -0.2) is 7.38 Å². The van der Waals surface area contributed by atoms with E-state index in [-0.39, 0.29) is 0 Å². The van der Waals surface area contributed by atoms with E-state index in [4.69, 9.17) is 11.1 Å². The van der Waals surface area contributed by atoms with Crippen LogP contribution in [0.25, 0.3) is 0 Å². The Hall–Kier alpha value is -1.31. The van der Waals surface area contributed by atoms with Crippen molar-refractivity contribution in [2.75, 3.05) is 0 Å². The summed E-state index contributed by atoms with van der Waals surface area (Å²) < 4.78 is 0. The first kappa shape index (κ1) is 12.7.